The van der Waals surface area contributed by atoms with Gasteiger partial charge in [0.1, 0.15) is 27.2 Å². The second-order valence-corrected chi connectivity index (χ2v) is 8.84. The molecule has 106 valence electrons. The maximum absolute atomic E-state index is 7.23. The van der Waals surface area contributed by atoms with Crippen LogP contribution in [0.5, 0.6) is 0 Å². The Morgan fingerprint density at radius 1 is 0.476 bits per heavy atom. The van der Waals surface area contributed by atoms with Crippen LogP contribution in [0.2, 0.25) is 0 Å². The van der Waals surface area contributed by atoms with Gasteiger partial charge in [-0.1, -0.05) is 54.6 Å². The second-order valence-electron chi connectivity index (χ2n) is 4.60. The summed E-state index contributed by atoms with van der Waals surface area (Å²) in [7, 11) is 0. The average molecular weight is 399 g/mol. The minimum absolute atomic E-state index is 0. The molecule has 0 bridgehead atoms. The number of hydrogen-bond donors (Lipinski definition) is 0. The van der Waals surface area contributed by atoms with Crippen molar-refractivity contribution in [1.29, 1.82) is 0 Å². The molecule has 3 rings (SSSR count). The van der Waals surface area contributed by atoms with Gasteiger partial charge in [-0.05, 0) is 36.4 Å². The van der Waals surface area contributed by atoms with E-state index in [4.69, 9.17) is 11.2 Å². The van der Waals surface area contributed by atoms with Crippen molar-refractivity contribution in [2.45, 2.75) is 0 Å². The molecule has 0 saturated carbocycles. The van der Waals surface area contributed by atoms with Crippen LogP contribution in [0.15, 0.2) is 91.0 Å². The quantitative estimate of drug-likeness (QED) is 0.459. The van der Waals surface area contributed by atoms with Crippen molar-refractivity contribution in [3.05, 3.63) is 91.0 Å². The van der Waals surface area contributed by atoms with Crippen molar-refractivity contribution in [3.8, 4) is 0 Å². The van der Waals surface area contributed by atoms with Gasteiger partial charge in [0.05, 0.1) is 0 Å². The minimum Gasteiger partial charge on any atom is -0.0620 e. The minimum atomic E-state index is -2.05. The molecule has 0 unspecified atom stereocenters. The monoisotopic (exact) mass is 399 g/mol. The van der Waals surface area contributed by atoms with Gasteiger partial charge in [-0.2, -0.15) is 0 Å². The van der Waals surface area contributed by atoms with Crippen molar-refractivity contribution in [3.63, 3.8) is 0 Å². The summed E-state index contributed by atoms with van der Waals surface area (Å²) in [6.45, 7) is -2.05. The van der Waals surface area contributed by atoms with E-state index in [0.717, 1.165) is 0 Å². The normalized spacial score (nSPS) is 10.7. The molecule has 0 spiro atoms. The molecule has 21 heavy (non-hydrogen) atoms. The fraction of sp³-hybridized carbons (Fsp3) is 0. The maximum atomic E-state index is 7.23. The summed E-state index contributed by atoms with van der Waals surface area (Å²) in [5.74, 6) is 0. The van der Waals surface area contributed by atoms with Crippen LogP contribution in [-0.2, 0) is 19.5 Å². The molecule has 0 aromatic heterocycles. The molecule has 0 nitrogen and oxygen atoms in total. The molecule has 0 fully saturated rings. The summed E-state index contributed by atoms with van der Waals surface area (Å²) in [6, 6.07) is 31.2. The molecule has 0 saturated heterocycles. The largest absolute Gasteiger partial charge is 0.210 e. The van der Waals surface area contributed by atoms with Gasteiger partial charge in [0.25, 0.3) is 0 Å². The molecule has 0 aliphatic heterocycles. The van der Waals surface area contributed by atoms with Gasteiger partial charge in [0.2, 0.25) is 6.62 Å². The third kappa shape index (κ3) is 3.27. The average Bonchev–Trinajstić information content (AvgIpc) is 2.56. The Labute approximate surface area is 144 Å². The van der Waals surface area contributed by atoms with Gasteiger partial charge in [-0.25, -0.2) is 0 Å². The van der Waals surface area contributed by atoms with E-state index in [1.807, 2.05) is 18.2 Å². The smallest absolute Gasteiger partial charge is 0.0620 e. The Balaban J connectivity index is 0.00000161. The first kappa shape index (κ1) is 16.4. The number of rotatable bonds is 3. The third-order valence-corrected chi connectivity index (χ3v) is 8.12. The molecule has 3 heteroatoms. The van der Waals surface area contributed by atoms with Crippen LogP contribution in [0.4, 0.5) is 0 Å². The van der Waals surface area contributed by atoms with Gasteiger partial charge in [0, 0.05) is 19.5 Å². The van der Waals surface area contributed by atoms with Gasteiger partial charge in [-0.15, -0.1) is 0 Å². The summed E-state index contributed by atoms with van der Waals surface area (Å²) in [6.07, 6.45) is 0. The predicted octanol–water partition coefficient (Wildman–Crippen LogP) is 4.13. The number of benzene rings is 3. The molecular weight excluding hydrogens is 384 g/mol. The fourth-order valence-corrected chi connectivity index (χ4v) is 6.00. The fourth-order valence-electron chi connectivity index (χ4n) is 2.35. The van der Waals surface area contributed by atoms with E-state index >= 15 is 0 Å². The molecule has 0 aliphatic rings. The van der Waals surface area contributed by atoms with E-state index in [-0.39, 0.29) is 19.5 Å². The number of halogens is 1. The van der Waals surface area contributed by atoms with Crippen molar-refractivity contribution >= 4 is 33.8 Å². The van der Waals surface area contributed by atoms with Crippen molar-refractivity contribution in [1.82, 2.24) is 0 Å². The van der Waals surface area contributed by atoms with Crippen LogP contribution < -0.4 is 15.9 Å². The van der Waals surface area contributed by atoms with Gasteiger partial charge < -0.3 is 0 Å². The van der Waals surface area contributed by atoms with Crippen LogP contribution in [0.3, 0.4) is 0 Å². The first-order chi connectivity index (χ1) is 9.82. The molecular formula is C18H15ClPRu+. The Morgan fingerprint density at radius 2 is 0.714 bits per heavy atom. The standard InChI is InChI=1S/C18H15ClP.Ru/c19-20(16-10-4-1-5-11-16,17-12-6-2-7-13-17)18-14-8-3-9-15-18;/h1-15H;/q+1;. The number of hydrogen-bond acceptors (Lipinski definition) is 0. The molecule has 0 N–H and O–H groups in total. The molecule has 0 atom stereocenters. The molecule has 0 radical (unpaired) electrons. The van der Waals surface area contributed by atoms with Crippen molar-refractivity contribution < 1.29 is 19.5 Å². The van der Waals surface area contributed by atoms with Gasteiger partial charge in [-0.3, -0.25) is 0 Å². The summed E-state index contributed by atoms with van der Waals surface area (Å²) in [4.78, 5) is 0. The summed E-state index contributed by atoms with van der Waals surface area (Å²) in [5.41, 5.74) is 0. The zero-order chi connectivity index (χ0) is 13.8. The van der Waals surface area contributed by atoms with E-state index in [1.165, 1.54) is 15.9 Å². The summed E-state index contributed by atoms with van der Waals surface area (Å²) < 4.78 is 0. The molecule has 3 aromatic carbocycles. The Morgan fingerprint density at radius 3 is 0.952 bits per heavy atom. The van der Waals surface area contributed by atoms with Crippen LogP contribution in [0.25, 0.3) is 0 Å². The van der Waals surface area contributed by atoms with E-state index in [0.29, 0.717) is 0 Å². The predicted molar refractivity (Wildman–Crippen MR) is 91.0 cm³/mol. The SMILES string of the molecule is Cl[P+](c1ccccc1)(c1ccccc1)c1ccccc1.[Ru]. The first-order valence-electron chi connectivity index (χ1n) is 6.57. The zero-order valence-electron chi connectivity index (χ0n) is 11.3. The Hall–Kier alpha value is -0.997. The van der Waals surface area contributed by atoms with E-state index in [2.05, 4.69) is 72.8 Å². The Bertz CT molecular complexity index is 575. The summed E-state index contributed by atoms with van der Waals surface area (Å²) in [5, 5.41) is 3.58. The summed E-state index contributed by atoms with van der Waals surface area (Å²) >= 11 is 7.23. The van der Waals surface area contributed by atoms with Crippen LogP contribution in [0, 0.1) is 0 Å². The zero-order valence-corrected chi connectivity index (χ0v) is 14.7. The molecule has 0 heterocycles. The van der Waals surface area contributed by atoms with Gasteiger partial charge in [0.15, 0.2) is 0 Å². The van der Waals surface area contributed by atoms with Gasteiger partial charge >= 0.3 is 0 Å². The van der Waals surface area contributed by atoms with E-state index < -0.39 is 6.62 Å². The Kier molecular flexibility index (Phi) is 5.71. The molecule has 3 aromatic rings. The van der Waals surface area contributed by atoms with Crippen molar-refractivity contribution in [2.75, 3.05) is 0 Å². The third-order valence-electron chi connectivity index (χ3n) is 3.34. The molecule has 0 amide bonds. The first-order valence-corrected chi connectivity index (χ1v) is 9.27. The van der Waals surface area contributed by atoms with Crippen LogP contribution >= 0.6 is 17.9 Å². The van der Waals surface area contributed by atoms with E-state index in [1.54, 1.807) is 0 Å². The van der Waals surface area contributed by atoms with Crippen molar-refractivity contribution in [2.24, 2.45) is 0 Å². The van der Waals surface area contributed by atoms with E-state index in [9.17, 15) is 0 Å². The molecule has 0 aliphatic carbocycles. The second kappa shape index (κ2) is 7.32. The topological polar surface area (TPSA) is 0 Å². The van der Waals surface area contributed by atoms with Crippen LogP contribution in [0.1, 0.15) is 0 Å². The maximum Gasteiger partial charge on any atom is 0.210 e. The van der Waals surface area contributed by atoms with Crippen LogP contribution in [-0.4, -0.2) is 0 Å².